The minimum absolute atomic E-state index is 0.112. The van der Waals surface area contributed by atoms with Gasteiger partial charge in [-0.15, -0.1) is 0 Å². The molecule has 1 aliphatic heterocycles. The van der Waals surface area contributed by atoms with E-state index in [1.54, 1.807) is 4.68 Å². The molecule has 1 aromatic heterocycles. The lowest BCUT2D eigenvalue weighted by atomic mass is 10.0. The van der Waals surface area contributed by atoms with Crippen LogP contribution >= 0.6 is 0 Å². The van der Waals surface area contributed by atoms with Crippen molar-refractivity contribution in [3.8, 4) is 5.69 Å². The van der Waals surface area contributed by atoms with Crippen LogP contribution in [0.4, 0.5) is 5.82 Å². The number of carbonyl (C=O) groups excluding carboxylic acids is 1. The number of hydrogen-bond donors (Lipinski definition) is 1. The average Bonchev–Trinajstić information content (AvgIpc) is 3.26. The van der Waals surface area contributed by atoms with Crippen LogP contribution in [0.1, 0.15) is 16.8 Å². The first-order valence-corrected chi connectivity index (χ1v) is 11.0. The number of aromatic nitrogens is 2. The molecule has 0 spiro atoms. The van der Waals surface area contributed by atoms with E-state index in [9.17, 15) is 9.00 Å². The Balaban J connectivity index is 1.48. The molecule has 5 rings (SSSR count). The molecule has 6 heteroatoms. The van der Waals surface area contributed by atoms with Gasteiger partial charge in [0, 0.05) is 16.4 Å². The summed E-state index contributed by atoms with van der Waals surface area (Å²) in [6.45, 7) is 0. The molecule has 4 aromatic rings. The monoisotopic (exact) mass is 401 g/mol. The third-order valence-electron chi connectivity index (χ3n) is 5.16. The highest BCUT2D eigenvalue weighted by atomic mass is 32.2. The summed E-state index contributed by atoms with van der Waals surface area (Å²) in [5, 5.41) is 9.87. The van der Waals surface area contributed by atoms with Crippen LogP contribution < -0.4 is 5.32 Å². The first-order valence-electron chi connectivity index (χ1n) is 9.47. The van der Waals surface area contributed by atoms with E-state index in [4.69, 9.17) is 0 Å². The zero-order chi connectivity index (χ0) is 19.8. The van der Waals surface area contributed by atoms with Crippen molar-refractivity contribution < 1.29 is 9.00 Å². The van der Waals surface area contributed by atoms with Gasteiger partial charge in [0.25, 0.3) is 0 Å². The Morgan fingerprint density at radius 3 is 2.59 bits per heavy atom. The number of anilines is 1. The fourth-order valence-electron chi connectivity index (χ4n) is 3.81. The maximum absolute atomic E-state index is 13.0. The van der Waals surface area contributed by atoms with Crippen LogP contribution in [0, 0.1) is 0 Å². The third-order valence-corrected chi connectivity index (χ3v) is 6.37. The Morgan fingerprint density at radius 1 is 0.966 bits per heavy atom. The van der Waals surface area contributed by atoms with Gasteiger partial charge in [-0.3, -0.25) is 9.00 Å². The van der Waals surface area contributed by atoms with Crippen LogP contribution in [0.2, 0.25) is 0 Å². The molecular weight excluding hydrogens is 382 g/mol. The van der Waals surface area contributed by atoms with Crippen molar-refractivity contribution in [3.05, 3.63) is 89.6 Å². The van der Waals surface area contributed by atoms with Crippen LogP contribution in [0.3, 0.4) is 0 Å². The molecular formula is C23H19N3O2S. The van der Waals surface area contributed by atoms with Crippen LogP contribution in [-0.2, 0) is 33.5 Å². The topological polar surface area (TPSA) is 64.0 Å². The van der Waals surface area contributed by atoms with Crippen molar-refractivity contribution in [2.75, 3.05) is 5.32 Å². The SMILES string of the molecule is O=C(Cc1cccc2ccccc12)Nc1c2c(nn1-c1ccccc1)C[S@](=O)C2. The van der Waals surface area contributed by atoms with Gasteiger partial charge >= 0.3 is 0 Å². The minimum Gasteiger partial charge on any atom is -0.310 e. The molecule has 0 saturated carbocycles. The number of nitrogens with one attached hydrogen (secondary N) is 1. The summed E-state index contributed by atoms with van der Waals surface area (Å²) in [7, 11) is -0.962. The van der Waals surface area contributed by atoms with Gasteiger partial charge < -0.3 is 5.32 Å². The first kappa shape index (κ1) is 17.8. The Labute approximate surface area is 170 Å². The van der Waals surface area contributed by atoms with Crippen LogP contribution in [0.15, 0.2) is 72.8 Å². The number of benzene rings is 3. The van der Waals surface area contributed by atoms with E-state index in [0.717, 1.165) is 33.3 Å². The number of rotatable bonds is 4. The maximum atomic E-state index is 13.0. The molecule has 3 aromatic carbocycles. The van der Waals surface area contributed by atoms with Gasteiger partial charge in [-0.2, -0.15) is 5.10 Å². The molecule has 1 atom stereocenters. The zero-order valence-corrected chi connectivity index (χ0v) is 16.5. The molecule has 2 heterocycles. The lowest BCUT2D eigenvalue weighted by Crippen LogP contribution is -2.18. The third kappa shape index (κ3) is 3.36. The lowest BCUT2D eigenvalue weighted by Gasteiger charge is -2.12. The van der Waals surface area contributed by atoms with E-state index in [2.05, 4.69) is 10.4 Å². The smallest absolute Gasteiger partial charge is 0.229 e. The van der Waals surface area contributed by atoms with Gasteiger partial charge in [0.15, 0.2) is 0 Å². The predicted molar refractivity (Wildman–Crippen MR) is 115 cm³/mol. The molecule has 144 valence electrons. The fourth-order valence-corrected chi connectivity index (χ4v) is 5.07. The second-order valence-corrected chi connectivity index (χ2v) is 8.57. The quantitative estimate of drug-likeness (QED) is 0.563. The summed E-state index contributed by atoms with van der Waals surface area (Å²) in [5.74, 6) is 1.37. The van der Waals surface area contributed by atoms with E-state index >= 15 is 0 Å². The maximum Gasteiger partial charge on any atom is 0.229 e. The summed E-state index contributed by atoms with van der Waals surface area (Å²) in [5.41, 5.74) is 3.52. The summed E-state index contributed by atoms with van der Waals surface area (Å²) >= 11 is 0. The number of amides is 1. The van der Waals surface area contributed by atoms with Crippen molar-refractivity contribution in [1.29, 1.82) is 0 Å². The normalized spacial score (nSPS) is 15.4. The highest BCUT2D eigenvalue weighted by Crippen LogP contribution is 2.31. The standard InChI is InChI=1S/C23H19N3O2S/c27-22(13-17-9-6-8-16-7-4-5-12-19(16)17)24-23-20-14-29(28)15-21(20)25-26(23)18-10-2-1-3-11-18/h1-12H,13-15H2,(H,24,27)/t29-/m1/s1. The van der Waals surface area contributed by atoms with Crippen LogP contribution in [-0.4, -0.2) is 19.9 Å². The molecule has 0 saturated heterocycles. The number of para-hydroxylation sites is 1. The number of carbonyl (C=O) groups is 1. The minimum atomic E-state index is -0.962. The molecule has 0 radical (unpaired) electrons. The summed E-state index contributed by atoms with van der Waals surface area (Å²) in [6, 6.07) is 23.7. The lowest BCUT2D eigenvalue weighted by molar-refractivity contribution is -0.115. The number of nitrogens with zero attached hydrogens (tertiary/aromatic N) is 2. The van der Waals surface area contributed by atoms with Crippen molar-refractivity contribution in [1.82, 2.24) is 9.78 Å². The fraction of sp³-hybridized carbons (Fsp3) is 0.130. The predicted octanol–water partition coefficient (Wildman–Crippen LogP) is 3.97. The molecule has 1 aliphatic rings. The van der Waals surface area contributed by atoms with E-state index in [0.29, 0.717) is 17.3 Å². The van der Waals surface area contributed by atoms with Gasteiger partial charge in [-0.05, 0) is 28.5 Å². The molecule has 5 nitrogen and oxygen atoms in total. The molecule has 29 heavy (non-hydrogen) atoms. The Morgan fingerprint density at radius 2 is 1.72 bits per heavy atom. The van der Waals surface area contributed by atoms with Crippen molar-refractivity contribution >= 4 is 33.3 Å². The second-order valence-electron chi connectivity index (χ2n) is 7.11. The van der Waals surface area contributed by atoms with Crippen LogP contribution in [0.5, 0.6) is 0 Å². The van der Waals surface area contributed by atoms with Gasteiger partial charge in [0.1, 0.15) is 5.82 Å². The van der Waals surface area contributed by atoms with Gasteiger partial charge in [-0.1, -0.05) is 60.7 Å². The Kier molecular flexibility index (Phi) is 4.48. The van der Waals surface area contributed by atoms with Crippen molar-refractivity contribution in [2.45, 2.75) is 17.9 Å². The Hall–Kier alpha value is -3.25. The first-order chi connectivity index (χ1) is 14.2. The molecule has 1 N–H and O–H groups in total. The van der Waals surface area contributed by atoms with Crippen molar-refractivity contribution in [3.63, 3.8) is 0 Å². The van der Waals surface area contributed by atoms with E-state index in [-0.39, 0.29) is 12.3 Å². The average molecular weight is 401 g/mol. The zero-order valence-electron chi connectivity index (χ0n) is 15.7. The Bertz CT molecular complexity index is 1240. The number of fused-ring (bicyclic) bond motifs is 2. The summed E-state index contributed by atoms with van der Waals surface area (Å²) < 4.78 is 13.8. The summed E-state index contributed by atoms with van der Waals surface area (Å²) in [6.07, 6.45) is 0.263. The van der Waals surface area contributed by atoms with Gasteiger partial charge in [0.2, 0.25) is 5.91 Å². The second kappa shape index (κ2) is 7.29. The van der Waals surface area contributed by atoms with Gasteiger partial charge in [-0.25, -0.2) is 4.68 Å². The van der Waals surface area contributed by atoms with Gasteiger partial charge in [0.05, 0.1) is 29.3 Å². The highest BCUT2D eigenvalue weighted by molar-refractivity contribution is 7.83. The highest BCUT2D eigenvalue weighted by Gasteiger charge is 2.28. The number of hydrogen-bond acceptors (Lipinski definition) is 3. The van der Waals surface area contributed by atoms with Crippen molar-refractivity contribution in [2.24, 2.45) is 0 Å². The molecule has 0 aliphatic carbocycles. The summed E-state index contributed by atoms with van der Waals surface area (Å²) in [4.78, 5) is 13.0. The molecule has 0 unspecified atom stereocenters. The molecule has 0 fully saturated rings. The largest absolute Gasteiger partial charge is 0.310 e. The molecule has 1 amide bonds. The van der Waals surface area contributed by atoms with E-state index in [1.807, 2.05) is 72.8 Å². The van der Waals surface area contributed by atoms with Crippen LogP contribution in [0.25, 0.3) is 16.5 Å². The van der Waals surface area contributed by atoms with E-state index < -0.39 is 10.8 Å². The molecule has 0 bridgehead atoms. The van der Waals surface area contributed by atoms with E-state index in [1.165, 1.54) is 0 Å².